The lowest BCUT2D eigenvalue weighted by Crippen LogP contribution is -2.23. The van der Waals surface area contributed by atoms with E-state index in [0.717, 1.165) is 34.1 Å². The van der Waals surface area contributed by atoms with Gasteiger partial charge in [-0.05, 0) is 43.2 Å². The second-order valence-electron chi connectivity index (χ2n) is 7.23. The van der Waals surface area contributed by atoms with Crippen molar-refractivity contribution in [1.29, 1.82) is 0 Å². The molecule has 32 heavy (non-hydrogen) atoms. The van der Waals surface area contributed by atoms with Gasteiger partial charge in [0.1, 0.15) is 22.8 Å². The molecule has 0 atom stereocenters. The first-order valence-electron chi connectivity index (χ1n) is 10.3. The number of ether oxygens (including phenoxy) is 4. The highest BCUT2D eigenvalue weighted by molar-refractivity contribution is 6.01. The van der Waals surface area contributed by atoms with Crippen LogP contribution in [0.2, 0.25) is 0 Å². The highest BCUT2D eigenvalue weighted by atomic mass is 16.5. The number of rotatable bonds is 10. The molecule has 2 aromatic carbocycles. The Labute approximate surface area is 187 Å². The summed E-state index contributed by atoms with van der Waals surface area (Å²) in [6.07, 6.45) is 4.01. The molecule has 1 heterocycles. The summed E-state index contributed by atoms with van der Waals surface area (Å²) < 4.78 is 27.3. The number of furan rings is 1. The maximum atomic E-state index is 12.3. The topological polar surface area (TPSA) is 79.2 Å². The predicted molar refractivity (Wildman–Crippen MR) is 124 cm³/mol. The van der Waals surface area contributed by atoms with Crippen molar-refractivity contribution in [2.45, 2.75) is 13.3 Å². The molecule has 1 N–H and O–H groups in total. The van der Waals surface area contributed by atoms with Gasteiger partial charge < -0.3 is 28.7 Å². The Kier molecular flexibility index (Phi) is 7.78. The van der Waals surface area contributed by atoms with Crippen molar-refractivity contribution in [3.63, 3.8) is 0 Å². The average molecular weight is 440 g/mol. The van der Waals surface area contributed by atoms with E-state index in [2.05, 4.69) is 5.32 Å². The lowest BCUT2D eigenvalue weighted by atomic mass is 9.98. The molecule has 0 saturated carbocycles. The van der Waals surface area contributed by atoms with E-state index in [0.29, 0.717) is 36.0 Å². The lowest BCUT2D eigenvalue weighted by molar-refractivity contribution is -0.116. The van der Waals surface area contributed by atoms with Crippen molar-refractivity contribution in [1.82, 2.24) is 5.32 Å². The van der Waals surface area contributed by atoms with E-state index >= 15 is 0 Å². The zero-order valence-corrected chi connectivity index (χ0v) is 19.1. The van der Waals surface area contributed by atoms with Crippen LogP contribution in [0.4, 0.5) is 0 Å². The zero-order valence-electron chi connectivity index (χ0n) is 19.1. The molecule has 0 bridgehead atoms. The summed E-state index contributed by atoms with van der Waals surface area (Å²) in [6.45, 7) is 3.03. The van der Waals surface area contributed by atoms with Gasteiger partial charge in [0.2, 0.25) is 5.91 Å². The molecule has 0 aliphatic carbocycles. The van der Waals surface area contributed by atoms with Gasteiger partial charge in [-0.2, -0.15) is 0 Å². The van der Waals surface area contributed by atoms with E-state index in [-0.39, 0.29) is 5.91 Å². The minimum atomic E-state index is -0.164. The molecule has 0 radical (unpaired) electrons. The first kappa shape index (κ1) is 23.2. The van der Waals surface area contributed by atoms with Crippen LogP contribution in [-0.2, 0) is 9.53 Å². The Balaban J connectivity index is 2.02. The van der Waals surface area contributed by atoms with Crippen LogP contribution in [0, 0.1) is 0 Å². The summed E-state index contributed by atoms with van der Waals surface area (Å²) >= 11 is 0. The fourth-order valence-electron chi connectivity index (χ4n) is 3.52. The number of benzene rings is 2. The first-order chi connectivity index (χ1) is 15.5. The minimum Gasteiger partial charge on any atom is -0.497 e. The maximum absolute atomic E-state index is 12.3. The third kappa shape index (κ3) is 5.06. The van der Waals surface area contributed by atoms with Gasteiger partial charge in [-0.15, -0.1) is 0 Å². The van der Waals surface area contributed by atoms with Crippen molar-refractivity contribution < 1.29 is 28.2 Å². The second-order valence-corrected chi connectivity index (χ2v) is 7.23. The molecule has 0 fully saturated rings. The number of carbonyl (C=O) groups is 1. The number of hydrogen-bond acceptors (Lipinski definition) is 6. The molecular weight excluding hydrogens is 410 g/mol. The summed E-state index contributed by atoms with van der Waals surface area (Å²) in [6, 6.07) is 9.40. The number of amides is 1. The molecule has 0 spiro atoms. The molecular formula is C25H29NO6. The van der Waals surface area contributed by atoms with Crippen LogP contribution in [0.25, 0.3) is 27.7 Å². The van der Waals surface area contributed by atoms with Gasteiger partial charge in [0.25, 0.3) is 0 Å². The van der Waals surface area contributed by atoms with E-state index in [1.54, 1.807) is 40.8 Å². The van der Waals surface area contributed by atoms with Crippen molar-refractivity contribution in [3.8, 4) is 28.4 Å². The van der Waals surface area contributed by atoms with E-state index < -0.39 is 0 Å². The van der Waals surface area contributed by atoms with Gasteiger partial charge in [-0.25, -0.2) is 0 Å². The SMILES string of the molecule is COCCCNC(=O)/C=C(\C)c1cc2c(-c3cc(OC)ccc3OC)coc2cc1OC. The van der Waals surface area contributed by atoms with Crippen molar-refractivity contribution >= 4 is 22.4 Å². The standard InChI is InChI=1S/C25H29NO6/c1-16(11-25(27)26-9-6-10-28-2)18-13-20-21(15-32-24(20)14-23(18)31-5)19-12-17(29-3)7-8-22(19)30-4/h7-8,11-15H,6,9-10H2,1-5H3,(H,26,27)/b16-11+. The molecule has 0 aliphatic rings. The van der Waals surface area contributed by atoms with Crippen LogP contribution < -0.4 is 19.5 Å². The summed E-state index contributed by atoms with van der Waals surface area (Å²) in [5, 5.41) is 3.74. The van der Waals surface area contributed by atoms with Gasteiger partial charge in [0.15, 0.2) is 0 Å². The van der Waals surface area contributed by atoms with Crippen molar-refractivity contribution in [3.05, 3.63) is 48.2 Å². The number of fused-ring (bicyclic) bond motifs is 1. The van der Waals surface area contributed by atoms with Crippen LogP contribution in [0.5, 0.6) is 17.2 Å². The van der Waals surface area contributed by atoms with Gasteiger partial charge in [-0.1, -0.05) is 0 Å². The number of hydrogen-bond donors (Lipinski definition) is 1. The third-order valence-corrected chi connectivity index (χ3v) is 5.19. The smallest absolute Gasteiger partial charge is 0.244 e. The molecule has 3 rings (SSSR count). The number of allylic oxidation sites excluding steroid dienone is 1. The third-order valence-electron chi connectivity index (χ3n) is 5.19. The molecule has 170 valence electrons. The summed E-state index contributed by atoms with van der Waals surface area (Å²) in [5.41, 5.74) is 3.95. The first-order valence-corrected chi connectivity index (χ1v) is 10.3. The molecule has 3 aromatic rings. The quantitative estimate of drug-likeness (QED) is 0.365. The minimum absolute atomic E-state index is 0.164. The number of carbonyl (C=O) groups excluding carboxylic acids is 1. The van der Waals surface area contributed by atoms with Crippen LogP contribution in [-0.4, -0.2) is 47.5 Å². The van der Waals surface area contributed by atoms with E-state index in [4.69, 9.17) is 23.4 Å². The number of methoxy groups -OCH3 is 4. The molecule has 1 amide bonds. The summed E-state index contributed by atoms with van der Waals surface area (Å²) in [7, 11) is 6.48. The van der Waals surface area contributed by atoms with Gasteiger partial charge >= 0.3 is 0 Å². The fourth-order valence-corrected chi connectivity index (χ4v) is 3.52. The molecule has 7 heteroatoms. The molecule has 1 aromatic heterocycles. The second kappa shape index (κ2) is 10.7. The lowest BCUT2D eigenvalue weighted by Gasteiger charge is -2.12. The Morgan fingerprint density at radius 2 is 1.78 bits per heavy atom. The normalized spacial score (nSPS) is 11.5. The summed E-state index contributed by atoms with van der Waals surface area (Å²) in [4.78, 5) is 12.3. The Hall–Kier alpha value is -3.45. The molecule has 0 saturated heterocycles. The van der Waals surface area contributed by atoms with Gasteiger partial charge in [-0.3, -0.25) is 4.79 Å². The Bertz CT molecular complexity index is 1120. The Morgan fingerprint density at radius 3 is 2.47 bits per heavy atom. The molecule has 7 nitrogen and oxygen atoms in total. The highest BCUT2D eigenvalue weighted by Crippen LogP contribution is 2.41. The predicted octanol–water partition coefficient (Wildman–Crippen LogP) is 4.68. The summed E-state index contributed by atoms with van der Waals surface area (Å²) in [5.74, 6) is 1.87. The van der Waals surface area contributed by atoms with Crippen LogP contribution in [0.3, 0.4) is 0 Å². The largest absolute Gasteiger partial charge is 0.497 e. The van der Waals surface area contributed by atoms with Crippen molar-refractivity contribution in [2.24, 2.45) is 0 Å². The van der Waals surface area contributed by atoms with Crippen molar-refractivity contribution in [2.75, 3.05) is 41.6 Å². The fraction of sp³-hybridized carbons (Fsp3) is 0.320. The zero-order chi connectivity index (χ0) is 23.1. The van der Waals surface area contributed by atoms with E-state index in [9.17, 15) is 4.79 Å². The molecule has 0 aliphatic heterocycles. The van der Waals surface area contributed by atoms with Gasteiger partial charge in [0.05, 0.1) is 27.6 Å². The number of nitrogens with one attached hydrogen (secondary N) is 1. The van der Waals surface area contributed by atoms with E-state index in [1.165, 1.54) is 0 Å². The van der Waals surface area contributed by atoms with E-state index in [1.807, 2.05) is 37.3 Å². The highest BCUT2D eigenvalue weighted by Gasteiger charge is 2.17. The monoisotopic (exact) mass is 439 g/mol. The molecule has 0 unspecified atom stereocenters. The average Bonchev–Trinajstić information content (AvgIpc) is 3.23. The van der Waals surface area contributed by atoms with Crippen LogP contribution >= 0.6 is 0 Å². The van der Waals surface area contributed by atoms with Gasteiger partial charge in [0, 0.05) is 54.5 Å². The maximum Gasteiger partial charge on any atom is 0.244 e. The Morgan fingerprint density at radius 1 is 1.00 bits per heavy atom. The van der Waals surface area contributed by atoms with Crippen LogP contribution in [0.15, 0.2) is 47.1 Å². The van der Waals surface area contributed by atoms with Crippen LogP contribution in [0.1, 0.15) is 18.9 Å².